The van der Waals surface area contributed by atoms with Crippen LogP contribution in [0.25, 0.3) is 0 Å². The largest absolute Gasteiger partial charge is 0.396 e. The number of anilines is 1. The van der Waals surface area contributed by atoms with Gasteiger partial charge in [0.15, 0.2) is 0 Å². The average molecular weight is 183 g/mol. The minimum absolute atomic E-state index is 0.345. The lowest BCUT2D eigenvalue weighted by atomic mass is 10.2. The van der Waals surface area contributed by atoms with Gasteiger partial charge in [0.2, 0.25) is 0 Å². The van der Waals surface area contributed by atoms with Gasteiger partial charge in [0.05, 0.1) is 23.6 Å². The van der Waals surface area contributed by atoms with Gasteiger partial charge in [-0.05, 0) is 20.3 Å². The zero-order chi connectivity index (χ0) is 9.84. The van der Waals surface area contributed by atoms with E-state index >= 15 is 0 Å². The van der Waals surface area contributed by atoms with E-state index in [-0.39, 0.29) is 0 Å². The van der Waals surface area contributed by atoms with E-state index in [1.54, 1.807) is 13.3 Å². The van der Waals surface area contributed by atoms with Crippen molar-refractivity contribution in [3.05, 3.63) is 11.9 Å². The lowest BCUT2D eigenvalue weighted by molar-refractivity contribution is 0.178. The lowest BCUT2D eigenvalue weighted by Crippen LogP contribution is -2.11. The van der Waals surface area contributed by atoms with Crippen LogP contribution in [0.1, 0.15) is 25.1 Å². The van der Waals surface area contributed by atoms with Crippen LogP contribution in [0.2, 0.25) is 0 Å². The molecule has 13 heavy (non-hydrogen) atoms. The number of ether oxygens (including phenoxy) is 1. The summed E-state index contributed by atoms with van der Waals surface area (Å²) in [5.74, 6) is 0. The van der Waals surface area contributed by atoms with Gasteiger partial charge < -0.3 is 10.5 Å². The third kappa shape index (κ3) is 2.21. The molecule has 4 heteroatoms. The number of nitrogen functional groups attached to an aromatic ring is 1. The average Bonchev–Trinajstić information content (AvgIpc) is 2.44. The lowest BCUT2D eigenvalue weighted by Gasteiger charge is -2.13. The molecule has 74 valence electrons. The minimum atomic E-state index is 0.345. The first-order chi connectivity index (χ1) is 6.16. The van der Waals surface area contributed by atoms with Crippen LogP contribution in [0.15, 0.2) is 6.20 Å². The Kier molecular flexibility index (Phi) is 3.31. The van der Waals surface area contributed by atoms with Crippen LogP contribution in [0, 0.1) is 6.92 Å². The van der Waals surface area contributed by atoms with Crippen molar-refractivity contribution in [1.82, 2.24) is 9.78 Å². The van der Waals surface area contributed by atoms with Crippen LogP contribution in [-0.2, 0) is 4.74 Å². The van der Waals surface area contributed by atoms with Crippen LogP contribution >= 0.6 is 0 Å². The van der Waals surface area contributed by atoms with Crippen molar-refractivity contribution in [2.75, 3.05) is 19.5 Å². The number of nitrogens with zero attached hydrogens (tertiary/aromatic N) is 2. The van der Waals surface area contributed by atoms with Gasteiger partial charge in [-0.25, -0.2) is 0 Å². The van der Waals surface area contributed by atoms with Gasteiger partial charge in [-0.2, -0.15) is 5.10 Å². The summed E-state index contributed by atoms with van der Waals surface area (Å²) in [6.07, 6.45) is 2.65. The van der Waals surface area contributed by atoms with E-state index in [1.807, 2.05) is 11.6 Å². The first-order valence-corrected chi connectivity index (χ1v) is 4.45. The number of hydrogen-bond acceptors (Lipinski definition) is 3. The first kappa shape index (κ1) is 10.1. The topological polar surface area (TPSA) is 53.1 Å². The highest BCUT2D eigenvalue weighted by Crippen LogP contribution is 2.16. The van der Waals surface area contributed by atoms with E-state index in [0.29, 0.717) is 6.04 Å². The molecule has 0 aliphatic rings. The Morgan fingerprint density at radius 3 is 2.85 bits per heavy atom. The van der Waals surface area contributed by atoms with E-state index in [2.05, 4.69) is 12.0 Å². The highest BCUT2D eigenvalue weighted by Gasteiger charge is 2.09. The fraction of sp³-hybridized carbons (Fsp3) is 0.667. The van der Waals surface area contributed by atoms with Gasteiger partial charge in [-0.15, -0.1) is 0 Å². The van der Waals surface area contributed by atoms with Gasteiger partial charge in [0, 0.05) is 13.7 Å². The summed E-state index contributed by atoms with van der Waals surface area (Å²) in [7, 11) is 1.71. The molecule has 0 radical (unpaired) electrons. The van der Waals surface area contributed by atoms with Gasteiger partial charge >= 0.3 is 0 Å². The van der Waals surface area contributed by atoms with E-state index in [9.17, 15) is 0 Å². The Labute approximate surface area is 78.7 Å². The molecular weight excluding hydrogens is 166 g/mol. The van der Waals surface area contributed by atoms with Crippen molar-refractivity contribution in [3.8, 4) is 0 Å². The smallest absolute Gasteiger partial charge is 0.0730 e. The summed E-state index contributed by atoms with van der Waals surface area (Å²) in [6.45, 7) is 4.84. The Morgan fingerprint density at radius 2 is 2.38 bits per heavy atom. The Morgan fingerprint density at radius 1 is 1.69 bits per heavy atom. The number of rotatable bonds is 4. The number of nitrogens with two attached hydrogens (primary N) is 1. The second-order valence-corrected chi connectivity index (χ2v) is 3.26. The summed E-state index contributed by atoms with van der Waals surface area (Å²) in [5.41, 5.74) is 7.48. The molecule has 0 aromatic carbocycles. The Bertz CT molecular complexity index is 270. The molecule has 1 aromatic heterocycles. The van der Waals surface area contributed by atoms with Gasteiger partial charge in [-0.3, -0.25) is 4.68 Å². The van der Waals surface area contributed by atoms with E-state index in [1.165, 1.54) is 0 Å². The summed E-state index contributed by atoms with van der Waals surface area (Å²) in [6, 6.07) is 0.345. The number of methoxy groups -OCH3 is 1. The molecule has 0 fully saturated rings. The Balaban J connectivity index is 2.65. The van der Waals surface area contributed by atoms with Crippen LogP contribution in [-0.4, -0.2) is 23.5 Å². The van der Waals surface area contributed by atoms with E-state index in [0.717, 1.165) is 24.4 Å². The third-order valence-corrected chi connectivity index (χ3v) is 2.24. The van der Waals surface area contributed by atoms with Crippen LogP contribution < -0.4 is 5.73 Å². The summed E-state index contributed by atoms with van der Waals surface area (Å²) in [5, 5.41) is 4.20. The fourth-order valence-electron chi connectivity index (χ4n) is 1.29. The van der Waals surface area contributed by atoms with Crippen molar-refractivity contribution in [2.24, 2.45) is 0 Å². The first-order valence-electron chi connectivity index (χ1n) is 4.45. The van der Waals surface area contributed by atoms with Crippen molar-refractivity contribution in [3.63, 3.8) is 0 Å². The van der Waals surface area contributed by atoms with E-state index in [4.69, 9.17) is 10.5 Å². The van der Waals surface area contributed by atoms with Crippen LogP contribution in [0.4, 0.5) is 5.69 Å². The zero-order valence-corrected chi connectivity index (χ0v) is 8.45. The van der Waals surface area contributed by atoms with Gasteiger partial charge in [0.1, 0.15) is 0 Å². The molecule has 1 unspecified atom stereocenters. The van der Waals surface area contributed by atoms with Crippen molar-refractivity contribution >= 4 is 5.69 Å². The van der Waals surface area contributed by atoms with Gasteiger partial charge in [-0.1, -0.05) is 0 Å². The second-order valence-electron chi connectivity index (χ2n) is 3.26. The molecule has 1 rings (SSSR count). The molecule has 0 saturated heterocycles. The van der Waals surface area contributed by atoms with E-state index < -0.39 is 0 Å². The SMILES string of the molecule is COCCC(C)n1ncc(N)c1C. The maximum absolute atomic E-state index is 5.69. The molecule has 0 amide bonds. The highest BCUT2D eigenvalue weighted by molar-refractivity contribution is 5.39. The molecule has 0 saturated carbocycles. The molecule has 1 atom stereocenters. The second kappa shape index (κ2) is 4.28. The minimum Gasteiger partial charge on any atom is -0.396 e. The molecule has 0 aliphatic carbocycles. The van der Waals surface area contributed by atoms with Gasteiger partial charge in [0.25, 0.3) is 0 Å². The molecule has 2 N–H and O–H groups in total. The molecule has 4 nitrogen and oxygen atoms in total. The molecule has 0 bridgehead atoms. The standard InChI is InChI=1S/C9H17N3O/c1-7(4-5-13-3)12-8(2)9(10)6-11-12/h6-7H,4-5,10H2,1-3H3. The molecular formula is C9H17N3O. The molecule has 1 aromatic rings. The Hall–Kier alpha value is -1.03. The molecule has 0 spiro atoms. The van der Waals surface area contributed by atoms with Crippen molar-refractivity contribution in [1.29, 1.82) is 0 Å². The summed E-state index contributed by atoms with van der Waals surface area (Å²) >= 11 is 0. The number of hydrogen-bond donors (Lipinski definition) is 1. The number of aromatic nitrogens is 2. The normalized spacial score (nSPS) is 13.2. The summed E-state index contributed by atoms with van der Waals surface area (Å²) < 4.78 is 6.95. The van der Waals surface area contributed by atoms with Crippen LogP contribution in [0.5, 0.6) is 0 Å². The predicted molar refractivity (Wildman–Crippen MR) is 52.6 cm³/mol. The fourth-order valence-corrected chi connectivity index (χ4v) is 1.29. The maximum atomic E-state index is 5.69. The maximum Gasteiger partial charge on any atom is 0.0730 e. The highest BCUT2D eigenvalue weighted by atomic mass is 16.5. The van der Waals surface area contributed by atoms with Crippen molar-refractivity contribution in [2.45, 2.75) is 26.3 Å². The molecule has 1 heterocycles. The molecule has 0 aliphatic heterocycles. The third-order valence-electron chi connectivity index (χ3n) is 2.24. The zero-order valence-electron chi connectivity index (χ0n) is 8.45. The predicted octanol–water partition coefficient (Wildman–Crippen LogP) is 1.37. The monoisotopic (exact) mass is 183 g/mol. The summed E-state index contributed by atoms with van der Waals surface area (Å²) in [4.78, 5) is 0. The van der Waals surface area contributed by atoms with Crippen molar-refractivity contribution < 1.29 is 4.74 Å². The van der Waals surface area contributed by atoms with Crippen LogP contribution in [0.3, 0.4) is 0 Å². The quantitative estimate of drug-likeness (QED) is 0.767.